The summed E-state index contributed by atoms with van der Waals surface area (Å²) in [5.41, 5.74) is 1.13. The molecule has 3 heteroatoms. The van der Waals surface area contributed by atoms with E-state index in [0.717, 1.165) is 5.56 Å². The van der Waals surface area contributed by atoms with Crippen molar-refractivity contribution in [1.82, 2.24) is 0 Å². The molecule has 0 aromatic heterocycles. The van der Waals surface area contributed by atoms with Gasteiger partial charge in [-0.05, 0) is 29.7 Å². The number of benzene rings is 1. The van der Waals surface area contributed by atoms with Gasteiger partial charge in [-0.1, -0.05) is 45.1 Å². The molecule has 0 bridgehead atoms. The summed E-state index contributed by atoms with van der Waals surface area (Å²) in [6.07, 6.45) is 0. The van der Waals surface area contributed by atoms with E-state index in [1.54, 1.807) is 0 Å². The fourth-order valence-electron chi connectivity index (χ4n) is 1.59. The van der Waals surface area contributed by atoms with Gasteiger partial charge in [-0.2, -0.15) is 0 Å². The van der Waals surface area contributed by atoms with Crippen LogP contribution < -0.4 is 10.1 Å². The van der Waals surface area contributed by atoms with E-state index in [9.17, 15) is 0 Å². The molecule has 1 rings (SSSR count). The van der Waals surface area contributed by atoms with Crippen LogP contribution in [0.25, 0.3) is 0 Å². The highest BCUT2D eigenvalue weighted by molar-refractivity contribution is 6.92. The van der Waals surface area contributed by atoms with Gasteiger partial charge in [0.1, 0.15) is 0 Å². The highest BCUT2D eigenvalue weighted by Gasteiger charge is 2.37. The Kier molecular flexibility index (Phi) is 3.50. The molecule has 0 heterocycles. The van der Waals surface area contributed by atoms with Gasteiger partial charge in [-0.15, -0.1) is 0 Å². The Hall–Kier alpha value is -0.803. The van der Waals surface area contributed by atoms with E-state index < -0.39 is 8.07 Å². The van der Waals surface area contributed by atoms with Gasteiger partial charge in [0.15, 0.2) is 5.75 Å². The van der Waals surface area contributed by atoms with Gasteiger partial charge in [-0.25, -0.2) is 5.26 Å². The zero-order valence-electron chi connectivity index (χ0n) is 11.1. The van der Waals surface area contributed by atoms with Crippen LogP contribution in [0.5, 0.6) is 5.75 Å². The molecule has 0 spiro atoms. The van der Waals surface area contributed by atoms with Crippen LogP contribution in [0.3, 0.4) is 0 Å². The second kappa shape index (κ2) is 4.22. The molecule has 1 aromatic rings. The van der Waals surface area contributed by atoms with Crippen molar-refractivity contribution >= 4 is 13.3 Å². The number of rotatable bonds is 2. The quantitative estimate of drug-likeness (QED) is 0.485. The normalized spacial score (nSPS) is 12.7. The summed E-state index contributed by atoms with van der Waals surface area (Å²) < 4.78 is 0. The van der Waals surface area contributed by atoms with E-state index in [1.165, 1.54) is 5.19 Å². The first-order valence-electron chi connectivity index (χ1n) is 5.62. The largest absolute Gasteiger partial charge is 0.340 e. The van der Waals surface area contributed by atoms with Gasteiger partial charge in [0, 0.05) is 0 Å². The van der Waals surface area contributed by atoms with Crippen molar-refractivity contribution in [3.8, 4) is 5.75 Å². The minimum atomic E-state index is -1.55. The molecule has 0 atom stereocenters. The first-order valence-corrected chi connectivity index (χ1v) is 8.62. The number of aryl methyl sites for hydroxylation is 1. The van der Waals surface area contributed by atoms with Crippen LogP contribution in [0.2, 0.25) is 18.1 Å². The van der Waals surface area contributed by atoms with Gasteiger partial charge < -0.3 is 4.89 Å². The molecule has 0 aliphatic rings. The topological polar surface area (TPSA) is 29.5 Å². The average Bonchev–Trinajstić information content (AvgIpc) is 2.15. The summed E-state index contributed by atoms with van der Waals surface area (Å²) >= 11 is 0. The molecule has 2 nitrogen and oxygen atoms in total. The second-order valence-electron chi connectivity index (χ2n) is 6.00. The highest BCUT2D eigenvalue weighted by Crippen LogP contribution is 2.36. The average molecular weight is 238 g/mol. The molecule has 0 aliphatic heterocycles. The van der Waals surface area contributed by atoms with Crippen molar-refractivity contribution in [1.29, 1.82) is 0 Å². The van der Waals surface area contributed by atoms with Crippen LogP contribution in [0.15, 0.2) is 18.2 Å². The van der Waals surface area contributed by atoms with Crippen molar-refractivity contribution in [3.63, 3.8) is 0 Å². The third-order valence-corrected chi connectivity index (χ3v) is 9.24. The van der Waals surface area contributed by atoms with Crippen molar-refractivity contribution in [2.45, 2.75) is 45.8 Å². The maximum Gasteiger partial charge on any atom is 0.165 e. The van der Waals surface area contributed by atoms with Gasteiger partial charge in [0.2, 0.25) is 0 Å². The molecular formula is C13H22O2Si. The summed E-state index contributed by atoms with van der Waals surface area (Å²) in [5.74, 6) is 0.542. The predicted molar refractivity (Wildman–Crippen MR) is 71.3 cm³/mol. The standard InChI is InChI=1S/C13H22O2Si/c1-10-7-11(15-14)9-12(8-10)16(5,6)13(2,3)4/h7-9,14H,1-6H3. The van der Waals surface area contributed by atoms with E-state index >= 15 is 0 Å². The molecular weight excluding hydrogens is 216 g/mol. The molecule has 1 N–H and O–H groups in total. The van der Waals surface area contributed by atoms with Crippen LogP contribution in [0.4, 0.5) is 0 Å². The lowest BCUT2D eigenvalue weighted by atomic mass is 10.2. The Bertz CT molecular complexity index is 378. The Morgan fingerprint density at radius 1 is 1.12 bits per heavy atom. The highest BCUT2D eigenvalue weighted by atomic mass is 28.3. The Morgan fingerprint density at radius 3 is 2.12 bits per heavy atom. The molecule has 0 saturated carbocycles. The first-order chi connectivity index (χ1) is 7.18. The molecule has 0 saturated heterocycles. The monoisotopic (exact) mass is 238 g/mol. The maximum absolute atomic E-state index is 8.77. The van der Waals surface area contributed by atoms with E-state index in [-0.39, 0.29) is 5.04 Å². The molecule has 0 fully saturated rings. The Labute approximate surface area is 99.2 Å². The minimum Gasteiger partial charge on any atom is -0.340 e. The predicted octanol–water partition coefficient (Wildman–Crippen LogP) is 3.56. The maximum atomic E-state index is 8.77. The van der Waals surface area contributed by atoms with Crippen LogP contribution >= 0.6 is 0 Å². The van der Waals surface area contributed by atoms with Crippen molar-refractivity contribution < 1.29 is 10.1 Å². The molecule has 0 unspecified atom stereocenters. The molecule has 90 valence electrons. The summed E-state index contributed by atoms with van der Waals surface area (Å²) in [6, 6.07) is 6.01. The summed E-state index contributed by atoms with van der Waals surface area (Å²) in [7, 11) is -1.55. The molecule has 0 aliphatic carbocycles. The molecule has 16 heavy (non-hydrogen) atoms. The Balaban J connectivity index is 3.27. The first kappa shape index (κ1) is 13.3. The van der Waals surface area contributed by atoms with E-state index in [1.807, 2.05) is 19.1 Å². The molecule has 0 radical (unpaired) electrons. The summed E-state index contributed by atoms with van der Waals surface area (Å²) in [6.45, 7) is 13.6. The van der Waals surface area contributed by atoms with Crippen molar-refractivity contribution in [2.75, 3.05) is 0 Å². The third-order valence-electron chi connectivity index (χ3n) is 3.75. The summed E-state index contributed by atoms with van der Waals surface area (Å²) in [5, 5.41) is 10.4. The van der Waals surface area contributed by atoms with Gasteiger partial charge in [-0.3, -0.25) is 0 Å². The van der Waals surface area contributed by atoms with Crippen LogP contribution in [0, 0.1) is 6.92 Å². The van der Waals surface area contributed by atoms with Crippen molar-refractivity contribution in [2.24, 2.45) is 0 Å². The van der Waals surface area contributed by atoms with Crippen LogP contribution in [-0.4, -0.2) is 13.3 Å². The Morgan fingerprint density at radius 2 is 1.69 bits per heavy atom. The zero-order chi connectivity index (χ0) is 12.6. The zero-order valence-corrected chi connectivity index (χ0v) is 12.1. The fourth-order valence-corrected chi connectivity index (χ4v) is 3.55. The number of hydrogen-bond acceptors (Lipinski definition) is 2. The van der Waals surface area contributed by atoms with Crippen LogP contribution in [0.1, 0.15) is 26.3 Å². The lowest BCUT2D eigenvalue weighted by Gasteiger charge is -2.37. The van der Waals surface area contributed by atoms with E-state index in [0.29, 0.717) is 5.75 Å². The second-order valence-corrected chi connectivity index (χ2v) is 11.3. The number of hydrogen-bond donors (Lipinski definition) is 1. The minimum absolute atomic E-state index is 0.285. The van der Waals surface area contributed by atoms with Crippen molar-refractivity contribution in [3.05, 3.63) is 23.8 Å². The smallest absolute Gasteiger partial charge is 0.165 e. The van der Waals surface area contributed by atoms with Gasteiger partial charge >= 0.3 is 0 Å². The SMILES string of the molecule is Cc1cc(OO)cc([Si](C)(C)C(C)(C)C)c1. The lowest BCUT2D eigenvalue weighted by molar-refractivity contribution is -0.137. The fraction of sp³-hybridized carbons (Fsp3) is 0.538. The van der Waals surface area contributed by atoms with Crippen LogP contribution in [-0.2, 0) is 0 Å². The third kappa shape index (κ3) is 2.47. The molecule has 0 amide bonds. The van der Waals surface area contributed by atoms with E-state index in [2.05, 4.69) is 44.8 Å². The summed E-state index contributed by atoms with van der Waals surface area (Å²) in [4.78, 5) is 4.37. The van der Waals surface area contributed by atoms with Gasteiger partial charge in [0.25, 0.3) is 0 Å². The van der Waals surface area contributed by atoms with E-state index in [4.69, 9.17) is 5.26 Å². The molecule has 1 aromatic carbocycles. The van der Waals surface area contributed by atoms with Gasteiger partial charge in [0.05, 0.1) is 8.07 Å². The lowest BCUT2D eigenvalue weighted by Crippen LogP contribution is -2.49.